The summed E-state index contributed by atoms with van der Waals surface area (Å²) in [7, 11) is 0. The summed E-state index contributed by atoms with van der Waals surface area (Å²) in [5.74, 6) is -2.40. The predicted molar refractivity (Wildman–Crippen MR) is 48.5 cm³/mol. The molecule has 0 saturated heterocycles. The second kappa shape index (κ2) is 3.13. The Morgan fingerprint density at radius 3 is 2.38 bits per heavy atom. The molecule has 0 radical (unpaired) electrons. The van der Waals surface area contributed by atoms with Crippen LogP contribution in [0.5, 0.6) is 23.1 Å². The summed E-state index contributed by atoms with van der Waals surface area (Å²) in [4.78, 5) is 0. The monoisotopic (exact) mass is 222 g/mol. The molecule has 1 aromatic carbocycles. The molecule has 80 valence electrons. The molecule has 0 aliphatic carbocycles. The zero-order valence-corrected chi connectivity index (χ0v) is 7.78. The molecule has 0 unspecified atom stereocenters. The van der Waals surface area contributed by atoms with E-state index < -0.39 is 11.8 Å². The number of halogens is 2. The highest BCUT2D eigenvalue weighted by atomic mass is 19.2. The summed E-state index contributed by atoms with van der Waals surface area (Å²) in [5, 5.41) is 6.33. The van der Waals surface area contributed by atoms with Crippen LogP contribution in [0.3, 0.4) is 0 Å². The third-order valence-electron chi connectivity index (χ3n) is 2.07. The van der Waals surface area contributed by atoms with Crippen LogP contribution in [0.15, 0.2) is 24.3 Å². The number of ether oxygens (including phenoxy) is 2. The molecule has 16 heavy (non-hydrogen) atoms. The van der Waals surface area contributed by atoms with Crippen LogP contribution < -0.4 is 9.47 Å². The maximum Gasteiger partial charge on any atom is 0.285 e. The highest BCUT2D eigenvalue weighted by Gasteiger charge is 2.26. The molecule has 2 aromatic rings. The third kappa shape index (κ3) is 1.19. The fraction of sp³-hybridized carbons (Fsp3) is 0. The van der Waals surface area contributed by atoms with Gasteiger partial charge in [0, 0.05) is 0 Å². The molecule has 6 heteroatoms. The molecule has 1 aromatic heterocycles. The lowest BCUT2D eigenvalue weighted by Crippen LogP contribution is -2.06. The summed E-state index contributed by atoms with van der Waals surface area (Å²) in [6.07, 6.45) is 0. The fourth-order valence-corrected chi connectivity index (χ4v) is 1.35. The van der Waals surface area contributed by atoms with Gasteiger partial charge in [-0.2, -0.15) is 8.78 Å². The molecule has 4 nitrogen and oxygen atoms in total. The van der Waals surface area contributed by atoms with Crippen molar-refractivity contribution in [2.24, 2.45) is 0 Å². The van der Waals surface area contributed by atoms with Crippen molar-refractivity contribution < 1.29 is 18.3 Å². The van der Waals surface area contributed by atoms with Crippen LogP contribution in [0.2, 0.25) is 0 Å². The number of para-hydroxylation sites is 2. The van der Waals surface area contributed by atoms with Gasteiger partial charge in [-0.25, -0.2) is 0 Å². The molecule has 0 fully saturated rings. The molecular formula is C10H4F2N2O2. The van der Waals surface area contributed by atoms with Gasteiger partial charge in [0.2, 0.25) is 11.6 Å². The molecule has 0 N–H and O–H groups in total. The van der Waals surface area contributed by atoms with E-state index in [1.54, 1.807) is 24.3 Å². The van der Waals surface area contributed by atoms with Gasteiger partial charge in [-0.3, -0.25) is 0 Å². The SMILES string of the molecule is Fc1nnc2c(c1F)Oc1ccccc1O2. The van der Waals surface area contributed by atoms with E-state index in [1.165, 1.54) is 0 Å². The minimum atomic E-state index is -1.32. The first-order chi connectivity index (χ1) is 7.75. The van der Waals surface area contributed by atoms with Crippen molar-refractivity contribution in [2.75, 3.05) is 0 Å². The number of hydrogen-bond donors (Lipinski definition) is 0. The highest BCUT2D eigenvalue weighted by Crippen LogP contribution is 2.44. The Bertz CT molecular complexity index is 575. The van der Waals surface area contributed by atoms with E-state index in [9.17, 15) is 8.78 Å². The lowest BCUT2D eigenvalue weighted by atomic mass is 10.3. The van der Waals surface area contributed by atoms with Crippen LogP contribution in [0.1, 0.15) is 0 Å². The van der Waals surface area contributed by atoms with Crippen molar-refractivity contribution in [3.63, 3.8) is 0 Å². The predicted octanol–water partition coefficient (Wildman–Crippen LogP) is 2.65. The molecule has 0 atom stereocenters. The number of benzene rings is 1. The third-order valence-corrected chi connectivity index (χ3v) is 2.07. The molecule has 1 aliphatic heterocycles. The molecule has 3 rings (SSSR count). The smallest absolute Gasteiger partial charge is 0.285 e. The Balaban J connectivity index is 2.16. The van der Waals surface area contributed by atoms with Gasteiger partial charge >= 0.3 is 0 Å². The number of hydrogen-bond acceptors (Lipinski definition) is 4. The highest BCUT2D eigenvalue weighted by molar-refractivity contribution is 5.51. The van der Waals surface area contributed by atoms with Gasteiger partial charge in [0.05, 0.1) is 0 Å². The second-order valence-corrected chi connectivity index (χ2v) is 3.09. The molecule has 0 bridgehead atoms. The van der Waals surface area contributed by atoms with E-state index >= 15 is 0 Å². The Kier molecular flexibility index (Phi) is 1.76. The van der Waals surface area contributed by atoms with Gasteiger partial charge in [0.15, 0.2) is 11.5 Å². The summed E-state index contributed by atoms with van der Waals surface area (Å²) in [6.45, 7) is 0. The van der Waals surface area contributed by atoms with Crippen LogP contribution in [0.4, 0.5) is 8.78 Å². The van der Waals surface area contributed by atoms with Gasteiger partial charge in [-0.15, -0.1) is 10.2 Å². The van der Waals surface area contributed by atoms with E-state index in [1.807, 2.05) is 0 Å². The summed E-state index contributed by atoms with van der Waals surface area (Å²) in [5.41, 5.74) is 0. The van der Waals surface area contributed by atoms with Crippen LogP contribution in [-0.4, -0.2) is 10.2 Å². The van der Waals surface area contributed by atoms with Crippen LogP contribution in [0, 0.1) is 11.8 Å². The van der Waals surface area contributed by atoms with Crippen molar-refractivity contribution >= 4 is 0 Å². The molecule has 0 amide bonds. The first-order valence-electron chi connectivity index (χ1n) is 4.42. The lowest BCUT2D eigenvalue weighted by Gasteiger charge is -2.18. The molecule has 2 heterocycles. The Morgan fingerprint density at radius 2 is 1.62 bits per heavy atom. The van der Waals surface area contributed by atoms with E-state index in [0.29, 0.717) is 11.5 Å². The van der Waals surface area contributed by atoms with Crippen molar-refractivity contribution in [3.8, 4) is 23.1 Å². The Hall–Kier alpha value is -2.24. The fourth-order valence-electron chi connectivity index (χ4n) is 1.35. The normalized spacial score (nSPS) is 12.1. The Labute approximate surface area is 88.4 Å². The minimum Gasteiger partial charge on any atom is -0.444 e. The average molecular weight is 222 g/mol. The summed E-state index contributed by atoms with van der Waals surface area (Å²) >= 11 is 0. The van der Waals surface area contributed by atoms with Crippen LogP contribution in [0.25, 0.3) is 0 Å². The number of aromatic nitrogens is 2. The first-order valence-corrected chi connectivity index (χ1v) is 4.42. The zero-order valence-electron chi connectivity index (χ0n) is 7.78. The number of nitrogens with zero attached hydrogens (tertiary/aromatic N) is 2. The van der Waals surface area contributed by atoms with Crippen LogP contribution in [-0.2, 0) is 0 Å². The topological polar surface area (TPSA) is 44.2 Å². The molecule has 0 spiro atoms. The summed E-state index contributed by atoms with van der Waals surface area (Å²) < 4.78 is 36.4. The van der Waals surface area contributed by atoms with Gasteiger partial charge in [-0.05, 0) is 12.1 Å². The average Bonchev–Trinajstić information content (AvgIpc) is 2.32. The summed E-state index contributed by atoms with van der Waals surface area (Å²) in [6, 6.07) is 6.62. The van der Waals surface area contributed by atoms with Crippen molar-refractivity contribution in [1.82, 2.24) is 10.2 Å². The van der Waals surface area contributed by atoms with Gasteiger partial charge in [0.25, 0.3) is 11.8 Å². The molecular weight excluding hydrogens is 218 g/mol. The van der Waals surface area contributed by atoms with Gasteiger partial charge in [-0.1, -0.05) is 12.1 Å². The van der Waals surface area contributed by atoms with Gasteiger partial charge < -0.3 is 9.47 Å². The molecule has 0 saturated carbocycles. The quantitative estimate of drug-likeness (QED) is 0.586. The van der Waals surface area contributed by atoms with E-state index in [4.69, 9.17) is 9.47 Å². The zero-order chi connectivity index (χ0) is 11.1. The largest absolute Gasteiger partial charge is 0.444 e. The lowest BCUT2D eigenvalue weighted by molar-refractivity contribution is 0.309. The Morgan fingerprint density at radius 1 is 0.938 bits per heavy atom. The van der Waals surface area contributed by atoms with E-state index in [0.717, 1.165) is 0 Å². The number of rotatable bonds is 0. The first kappa shape index (κ1) is 9.02. The standard InChI is InChI=1S/C10H4F2N2O2/c11-7-8-10(14-13-9(7)12)16-6-4-2-1-3-5(6)15-8/h1-4H. The van der Waals surface area contributed by atoms with Crippen molar-refractivity contribution in [3.05, 3.63) is 36.0 Å². The maximum absolute atomic E-state index is 13.3. The van der Waals surface area contributed by atoms with Crippen molar-refractivity contribution in [2.45, 2.75) is 0 Å². The van der Waals surface area contributed by atoms with Gasteiger partial charge in [0.1, 0.15) is 0 Å². The maximum atomic E-state index is 13.3. The molecule has 1 aliphatic rings. The van der Waals surface area contributed by atoms with Crippen molar-refractivity contribution in [1.29, 1.82) is 0 Å². The van der Waals surface area contributed by atoms with E-state index in [2.05, 4.69) is 10.2 Å². The minimum absolute atomic E-state index is 0.183. The number of fused-ring (bicyclic) bond motifs is 2. The second-order valence-electron chi connectivity index (χ2n) is 3.09. The van der Waals surface area contributed by atoms with Crippen LogP contribution >= 0.6 is 0 Å². The van der Waals surface area contributed by atoms with E-state index in [-0.39, 0.29) is 11.6 Å².